The molecule has 1 atom stereocenters. The number of nitrogens with one attached hydrogen (secondary N) is 1. The van der Waals surface area contributed by atoms with Gasteiger partial charge in [-0.15, -0.1) is 0 Å². The maximum atomic E-state index is 13.3. The fourth-order valence-electron chi connectivity index (χ4n) is 4.28. The van der Waals surface area contributed by atoms with E-state index in [1.165, 1.54) is 7.11 Å². The second-order valence-corrected chi connectivity index (χ2v) is 7.82. The van der Waals surface area contributed by atoms with Crippen LogP contribution in [0.15, 0.2) is 48.5 Å². The number of esters is 1. The third-order valence-corrected chi connectivity index (χ3v) is 5.84. The van der Waals surface area contributed by atoms with E-state index in [1.807, 2.05) is 30.3 Å². The van der Waals surface area contributed by atoms with Crippen molar-refractivity contribution < 1.29 is 23.9 Å². The van der Waals surface area contributed by atoms with Crippen molar-refractivity contribution in [2.45, 2.75) is 31.8 Å². The van der Waals surface area contributed by atoms with Crippen LogP contribution >= 0.6 is 0 Å². The van der Waals surface area contributed by atoms with Crippen LogP contribution in [0.3, 0.4) is 0 Å². The summed E-state index contributed by atoms with van der Waals surface area (Å²) in [6.07, 6.45) is 1.91. The van der Waals surface area contributed by atoms with Crippen LogP contribution in [0.1, 0.15) is 58.1 Å². The minimum Gasteiger partial charge on any atom is -0.468 e. The Kier molecular flexibility index (Phi) is 6.20. The molecular formula is C24H25N3O5. The van der Waals surface area contributed by atoms with Crippen LogP contribution in [0.25, 0.3) is 0 Å². The molecule has 0 bridgehead atoms. The number of rotatable bonds is 8. The molecule has 3 amide bonds. The average Bonchev–Trinajstić information content (AvgIpc) is 3.12. The molecular weight excluding hydrogens is 410 g/mol. The van der Waals surface area contributed by atoms with Gasteiger partial charge in [0.1, 0.15) is 12.7 Å². The minimum absolute atomic E-state index is 0.0952. The fraction of sp³-hybridized carbons (Fsp3) is 0.333. The lowest BCUT2D eigenvalue weighted by Gasteiger charge is -2.41. The summed E-state index contributed by atoms with van der Waals surface area (Å²) in [4.78, 5) is 52.8. The highest BCUT2D eigenvalue weighted by atomic mass is 16.5. The normalized spacial score (nSPS) is 16.3. The van der Waals surface area contributed by atoms with Crippen molar-refractivity contribution in [3.05, 3.63) is 65.2 Å². The number of para-hydroxylation sites is 1. The van der Waals surface area contributed by atoms with Gasteiger partial charge in [0.2, 0.25) is 5.91 Å². The predicted molar refractivity (Wildman–Crippen MR) is 117 cm³/mol. The molecule has 8 heteroatoms. The lowest BCUT2D eigenvalue weighted by molar-refractivity contribution is -0.141. The minimum atomic E-state index is -0.488. The number of unbranched alkanes of at least 4 members (excludes halogenated alkanes) is 2. The number of hydrogen-bond acceptors (Lipinski definition) is 5. The number of nitrogens with zero attached hydrogens (tertiary/aromatic N) is 2. The predicted octanol–water partition coefficient (Wildman–Crippen LogP) is 2.65. The number of ether oxygens (including phenoxy) is 1. The lowest BCUT2D eigenvalue weighted by Crippen LogP contribution is -2.48. The molecule has 0 aromatic heterocycles. The number of hydrogen-bond donors (Lipinski definition) is 1. The fourth-order valence-corrected chi connectivity index (χ4v) is 4.28. The molecule has 0 saturated heterocycles. The summed E-state index contributed by atoms with van der Waals surface area (Å²) in [6, 6.07) is 14.6. The van der Waals surface area contributed by atoms with Gasteiger partial charge in [0.15, 0.2) is 0 Å². The maximum absolute atomic E-state index is 13.3. The standard InChI is InChI=1S/C24H25N3O5/c1-32-21(29)15-25-20(28)13-3-2-8-14-26-22-16-9-4-5-10-17(16)24(31)27(22)19-12-7-6-11-18(19)23(26)30/h4-7,9-12,22H,2-3,8,13-15H2,1H3,(H,25,28). The Hall–Kier alpha value is -3.68. The Bertz CT molecular complexity index is 1070. The van der Waals surface area contributed by atoms with E-state index in [0.29, 0.717) is 42.6 Å². The van der Waals surface area contributed by atoms with E-state index in [4.69, 9.17) is 0 Å². The molecule has 2 aliphatic rings. The number of carbonyl (C=O) groups is 4. The third kappa shape index (κ3) is 3.95. The van der Waals surface area contributed by atoms with Crippen molar-refractivity contribution in [2.24, 2.45) is 0 Å². The van der Waals surface area contributed by atoms with Gasteiger partial charge in [-0.1, -0.05) is 36.8 Å². The summed E-state index contributed by atoms with van der Waals surface area (Å²) in [5.41, 5.74) is 2.62. The van der Waals surface area contributed by atoms with Gasteiger partial charge in [-0.3, -0.25) is 24.1 Å². The smallest absolute Gasteiger partial charge is 0.325 e. The van der Waals surface area contributed by atoms with Crippen molar-refractivity contribution in [1.29, 1.82) is 0 Å². The van der Waals surface area contributed by atoms with Crippen LogP contribution < -0.4 is 10.2 Å². The van der Waals surface area contributed by atoms with E-state index >= 15 is 0 Å². The SMILES string of the molecule is COC(=O)CNC(=O)CCCCCN1C(=O)c2ccccc2N2C(=O)c3ccccc3C12. The molecule has 166 valence electrons. The topological polar surface area (TPSA) is 96.0 Å². The van der Waals surface area contributed by atoms with E-state index in [2.05, 4.69) is 10.1 Å². The average molecular weight is 435 g/mol. The third-order valence-electron chi connectivity index (χ3n) is 5.84. The van der Waals surface area contributed by atoms with E-state index < -0.39 is 12.1 Å². The number of methoxy groups -OCH3 is 1. The molecule has 1 N–H and O–H groups in total. The van der Waals surface area contributed by atoms with Crippen LogP contribution in [0.4, 0.5) is 5.69 Å². The van der Waals surface area contributed by atoms with E-state index in [-0.39, 0.29) is 24.3 Å². The highest BCUT2D eigenvalue weighted by Gasteiger charge is 2.47. The molecule has 0 fully saturated rings. The zero-order valence-electron chi connectivity index (χ0n) is 17.9. The summed E-state index contributed by atoms with van der Waals surface area (Å²) in [5, 5.41) is 2.52. The van der Waals surface area contributed by atoms with Crippen LogP contribution in [0, 0.1) is 0 Å². The maximum Gasteiger partial charge on any atom is 0.325 e. The van der Waals surface area contributed by atoms with Crippen LogP contribution in [0.2, 0.25) is 0 Å². The van der Waals surface area contributed by atoms with Crippen molar-refractivity contribution in [2.75, 3.05) is 25.1 Å². The van der Waals surface area contributed by atoms with Crippen molar-refractivity contribution in [1.82, 2.24) is 10.2 Å². The summed E-state index contributed by atoms with van der Waals surface area (Å²) >= 11 is 0. The summed E-state index contributed by atoms with van der Waals surface area (Å²) < 4.78 is 4.49. The second kappa shape index (κ2) is 9.21. The molecule has 2 heterocycles. The molecule has 2 aromatic carbocycles. The largest absolute Gasteiger partial charge is 0.468 e. The molecule has 2 aromatic rings. The molecule has 1 unspecified atom stereocenters. The Morgan fingerprint density at radius 1 is 0.938 bits per heavy atom. The first-order valence-electron chi connectivity index (χ1n) is 10.7. The van der Waals surface area contributed by atoms with Gasteiger partial charge >= 0.3 is 5.97 Å². The van der Waals surface area contributed by atoms with Crippen LogP contribution in [-0.4, -0.2) is 48.8 Å². The first-order valence-corrected chi connectivity index (χ1v) is 10.7. The quantitative estimate of drug-likeness (QED) is 0.508. The van der Waals surface area contributed by atoms with Gasteiger partial charge in [0.25, 0.3) is 11.8 Å². The molecule has 8 nitrogen and oxygen atoms in total. The Morgan fingerprint density at radius 2 is 1.66 bits per heavy atom. The Balaban J connectivity index is 1.42. The number of benzene rings is 2. The van der Waals surface area contributed by atoms with Crippen LogP contribution in [-0.2, 0) is 14.3 Å². The molecule has 4 rings (SSSR count). The zero-order valence-corrected chi connectivity index (χ0v) is 17.9. The van der Waals surface area contributed by atoms with E-state index in [1.54, 1.807) is 28.0 Å². The van der Waals surface area contributed by atoms with Crippen molar-refractivity contribution in [3.63, 3.8) is 0 Å². The molecule has 0 aliphatic carbocycles. The van der Waals surface area contributed by atoms with Gasteiger partial charge in [-0.25, -0.2) is 0 Å². The molecule has 0 saturated carbocycles. The van der Waals surface area contributed by atoms with Gasteiger partial charge in [-0.2, -0.15) is 0 Å². The van der Waals surface area contributed by atoms with Crippen molar-refractivity contribution in [3.8, 4) is 0 Å². The van der Waals surface area contributed by atoms with Crippen LogP contribution in [0.5, 0.6) is 0 Å². The molecule has 32 heavy (non-hydrogen) atoms. The first-order chi connectivity index (χ1) is 15.5. The Morgan fingerprint density at radius 3 is 2.44 bits per heavy atom. The van der Waals surface area contributed by atoms with Gasteiger partial charge in [0, 0.05) is 24.1 Å². The summed E-state index contributed by atoms with van der Waals surface area (Å²) in [7, 11) is 1.27. The molecule has 2 aliphatic heterocycles. The second-order valence-electron chi connectivity index (χ2n) is 7.82. The van der Waals surface area contributed by atoms with Gasteiger partial charge < -0.3 is 15.0 Å². The number of amides is 3. The van der Waals surface area contributed by atoms with Gasteiger partial charge in [0.05, 0.1) is 18.4 Å². The molecule has 0 spiro atoms. The molecule has 0 radical (unpaired) electrons. The number of carbonyl (C=O) groups excluding carboxylic acids is 4. The monoisotopic (exact) mass is 435 g/mol. The summed E-state index contributed by atoms with van der Waals surface area (Å²) in [5.74, 6) is -0.891. The zero-order chi connectivity index (χ0) is 22.7. The first kappa shape index (κ1) is 21.5. The highest BCUT2D eigenvalue weighted by molar-refractivity contribution is 6.16. The Labute approximate surface area is 186 Å². The summed E-state index contributed by atoms with van der Waals surface area (Å²) in [6.45, 7) is 0.335. The number of anilines is 1. The highest BCUT2D eigenvalue weighted by Crippen LogP contribution is 2.45. The van der Waals surface area contributed by atoms with Gasteiger partial charge in [-0.05, 0) is 31.0 Å². The van der Waals surface area contributed by atoms with E-state index in [9.17, 15) is 19.2 Å². The number of fused-ring (bicyclic) bond motifs is 5. The van der Waals surface area contributed by atoms with E-state index in [0.717, 1.165) is 12.0 Å². The lowest BCUT2D eigenvalue weighted by atomic mass is 10.0. The van der Waals surface area contributed by atoms with Crippen molar-refractivity contribution >= 4 is 29.4 Å².